The summed E-state index contributed by atoms with van der Waals surface area (Å²) < 4.78 is 5.16. The quantitative estimate of drug-likeness (QED) is 0.557. The van der Waals surface area contributed by atoms with Crippen molar-refractivity contribution in [2.45, 2.75) is 39.7 Å². The molecule has 0 aliphatic rings. The highest BCUT2D eigenvalue weighted by atomic mass is 16.5. The van der Waals surface area contributed by atoms with Crippen molar-refractivity contribution in [1.82, 2.24) is 5.32 Å². The van der Waals surface area contributed by atoms with Gasteiger partial charge in [-0.25, -0.2) is 0 Å². The molecule has 3 heteroatoms. The molecule has 86 valence electrons. The van der Waals surface area contributed by atoms with Crippen LogP contribution < -0.4 is 5.32 Å². The van der Waals surface area contributed by atoms with Crippen LogP contribution in [0.4, 0.5) is 0 Å². The first kappa shape index (κ1) is 13.9. The second kappa shape index (κ2) is 9.44. The summed E-state index contributed by atoms with van der Waals surface area (Å²) in [5, 5.41) is 11.9. The fourth-order valence-corrected chi connectivity index (χ4v) is 1.48. The summed E-state index contributed by atoms with van der Waals surface area (Å²) in [5.41, 5.74) is 0. The van der Waals surface area contributed by atoms with Gasteiger partial charge in [-0.1, -0.05) is 13.8 Å². The summed E-state index contributed by atoms with van der Waals surface area (Å²) in [4.78, 5) is 0. The molecule has 0 bridgehead atoms. The zero-order valence-electron chi connectivity index (χ0n) is 9.75. The molecule has 1 atom stereocenters. The molecule has 0 radical (unpaired) electrons. The maximum atomic E-state index is 8.47. The summed E-state index contributed by atoms with van der Waals surface area (Å²) in [6.45, 7) is 9.01. The number of nitrogens with one attached hydrogen (secondary N) is 1. The van der Waals surface area contributed by atoms with Crippen LogP contribution in [0, 0.1) is 5.92 Å². The lowest BCUT2D eigenvalue weighted by molar-refractivity contribution is 0.0903. The SMILES string of the molecule is CC(C)CC(C)NCCCOCCO. The first-order valence-corrected chi connectivity index (χ1v) is 5.58. The molecule has 2 N–H and O–H groups in total. The van der Waals surface area contributed by atoms with Crippen molar-refractivity contribution in [2.75, 3.05) is 26.4 Å². The largest absolute Gasteiger partial charge is 0.394 e. The molecule has 0 aromatic heterocycles. The van der Waals surface area contributed by atoms with Gasteiger partial charge in [-0.2, -0.15) is 0 Å². The molecular formula is C11H25NO2. The summed E-state index contributed by atoms with van der Waals surface area (Å²) in [6, 6.07) is 0.591. The van der Waals surface area contributed by atoms with Crippen LogP contribution in [0.15, 0.2) is 0 Å². The summed E-state index contributed by atoms with van der Waals surface area (Å²) in [7, 11) is 0. The fourth-order valence-electron chi connectivity index (χ4n) is 1.48. The van der Waals surface area contributed by atoms with Crippen LogP contribution >= 0.6 is 0 Å². The number of ether oxygens (including phenoxy) is 1. The Bertz CT molecular complexity index is 118. The van der Waals surface area contributed by atoms with Crippen molar-refractivity contribution >= 4 is 0 Å². The zero-order chi connectivity index (χ0) is 10.8. The van der Waals surface area contributed by atoms with Crippen LogP contribution in [0.2, 0.25) is 0 Å². The second-order valence-corrected chi connectivity index (χ2v) is 4.17. The van der Waals surface area contributed by atoms with E-state index in [1.54, 1.807) is 0 Å². The Hall–Kier alpha value is -0.120. The Balaban J connectivity index is 3.10. The fraction of sp³-hybridized carbons (Fsp3) is 1.00. The second-order valence-electron chi connectivity index (χ2n) is 4.17. The van der Waals surface area contributed by atoms with Crippen LogP contribution in [0.1, 0.15) is 33.6 Å². The lowest BCUT2D eigenvalue weighted by Gasteiger charge is -2.15. The predicted molar refractivity (Wildman–Crippen MR) is 59.4 cm³/mol. The van der Waals surface area contributed by atoms with Crippen molar-refractivity contribution in [2.24, 2.45) is 5.92 Å². The maximum absolute atomic E-state index is 8.47. The van der Waals surface area contributed by atoms with Crippen LogP contribution in [-0.4, -0.2) is 37.5 Å². The highest BCUT2D eigenvalue weighted by Crippen LogP contribution is 2.03. The first-order valence-electron chi connectivity index (χ1n) is 5.58. The average molecular weight is 203 g/mol. The molecule has 0 saturated carbocycles. The first-order chi connectivity index (χ1) is 6.66. The molecule has 0 fully saturated rings. The van der Waals surface area contributed by atoms with Crippen molar-refractivity contribution in [3.05, 3.63) is 0 Å². The van der Waals surface area contributed by atoms with E-state index < -0.39 is 0 Å². The minimum Gasteiger partial charge on any atom is -0.394 e. The molecular weight excluding hydrogens is 178 g/mol. The van der Waals surface area contributed by atoms with Crippen LogP contribution in [0.3, 0.4) is 0 Å². The third kappa shape index (κ3) is 9.96. The van der Waals surface area contributed by atoms with Gasteiger partial charge in [0, 0.05) is 12.6 Å². The van der Waals surface area contributed by atoms with Gasteiger partial charge >= 0.3 is 0 Å². The lowest BCUT2D eigenvalue weighted by atomic mass is 10.1. The molecule has 0 aromatic rings. The molecule has 0 aliphatic heterocycles. The van der Waals surface area contributed by atoms with E-state index >= 15 is 0 Å². The van der Waals surface area contributed by atoms with E-state index in [2.05, 4.69) is 26.1 Å². The van der Waals surface area contributed by atoms with Crippen molar-refractivity contribution in [1.29, 1.82) is 0 Å². The van der Waals surface area contributed by atoms with Gasteiger partial charge in [0.25, 0.3) is 0 Å². The van der Waals surface area contributed by atoms with Gasteiger partial charge in [-0.05, 0) is 32.2 Å². The number of hydrogen-bond acceptors (Lipinski definition) is 3. The highest BCUT2D eigenvalue weighted by Gasteiger charge is 2.02. The number of aliphatic hydroxyl groups excluding tert-OH is 1. The topological polar surface area (TPSA) is 41.5 Å². The highest BCUT2D eigenvalue weighted by molar-refractivity contribution is 4.62. The van der Waals surface area contributed by atoms with Crippen molar-refractivity contribution < 1.29 is 9.84 Å². The van der Waals surface area contributed by atoms with Crippen molar-refractivity contribution in [3.63, 3.8) is 0 Å². The molecule has 3 nitrogen and oxygen atoms in total. The molecule has 0 heterocycles. The number of hydrogen-bond donors (Lipinski definition) is 2. The Kier molecular flexibility index (Phi) is 9.35. The van der Waals surface area contributed by atoms with E-state index in [1.165, 1.54) is 6.42 Å². The van der Waals surface area contributed by atoms with Gasteiger partial charge < -0.3 is 15.2 Å². The van der Waals surface area contributed by atoms with E-state index in [0.717, 1.165) is 25.5 Å². The van der Waals surface area contributed by atoms with Gasteiger partial charge in [0.05, 0.1) is 13.2 Å². The summed E-state index contributed by atoms with van der Waals surface area (Å²) >= 11 is 0. The van der Waals surface area contributed by atoms with E-state index in [0.29, 0.717) is 12.6 Å². The van der Waals surface area contributed by atoms with Crippen LogP contribution in [0.5, 0.6) is 0 Å². The normalized spacial score (nSPS) is 13.5. The zero-order valence-corrected chi connectivity index (χ0v) is 9.75. The molecule has 0 spiro atoms. The van der Waals surface area contributed by atoms with E-state index in [9.17, 15) is 0 Å². The molecule has 1 unspecified atom stereocenters. The minimum atomic E-state index is 0.122. The van der Waals surface area contributed by atoms with Gasteiger partial charge in [-0.3, -0.25) is 0 Å². The summed E-state index contributed by atoms with van der Waals surface area (Å²) in [5.74, 6) is 0.753. The maximum Gasteiger partial charge on any atom is 0.0697 e. The Morgan fingerprint density at radius 3 is 2.50 bits per heavy atom. The molecule has 14 heavy (non-hydrogen) atoms. The minimum absolute atomic E-state index is 0.122. The third-order valence-electron chi connectivity index (χ3n) is 2.02. The number of rotatable bonds is 9. The smallest absolute Gasteiger partial charge is 0.0697 e. The Morgan fingerprint density at radius 2 is 1.93 bits per heavy atom. The van der Waals surface area contributed by atoms with Crippen LogP contribution in [0.25, 0.3) is 0 Å². The van der Waals surface area contributed by atoms with Crippen molar-refractivity contribution in [3.8, 4) is 0 Å². The van der Waals surface area contributed by atoms with Gasteiger partial charge in [0.2, 0.25) is 0 Å². The molecule has 0 aliphatic carbocycles. The monoisotopic (exact) mass is 203 g/mol. The van der Waals surface area contributed by atoms with Gasteiger partial charge in [-0.15, -0.1) is 0 Å². The summed E-state index contributed by atoms with van der Waals surface area (Å²) in [6.07, 6.45) is 2.24. The van der Waals surface area contributed by atoms with E-state index in [-0.39, 0.29) is 6.61 Å². The standard InChI is InChI=1S/C11H25NO2/c1-10(2)9-11(3)12-5-4-7-14-8-6-13/h10-13H,4-9H2,1-3H3. The Morgan fingerprint density at radius 1 is 1.21 bits per heavy atom. The molecule has 0 aromatic carbocycles. The number of aliphatic hydroxyl groups is 1. The average Bonchev–Trinajstić information content (AvgIpc) is 2.10. The van der Waals surface area contributed by atoms with Gasteiger partial charge in [0.15, 0.2) is 0 Å². The molecule has 0 saturated heterocycles. The van der Waals surface area contributed by atoms with Gasteiger partial charge in [0.1, 0.15) is 0 Å². The lowest BCUT2D eigenvalue weighted by Crippen LogP contribution is -2.28. The van der Waals surface area contributed by atoms with E-state index in [4.69, 9.17) is 9.84 Å². The third-order valence-corrected chi connectivity index (χ3v) is 2.02. The van der Waals surface area contributed by atoms with Crippen LogP contribution in [-0.2, 0) is 4.74 Å². The van der Waals surface area contributed by atoms with E-state index in [1.807, 2.05) is 0 Å². The Labute approximate surface area is 87.8 Å². The molecule has 0 rings (SSSR count). The molecule has 0 amide bonds. The predicted octanol–water partition coefficient (Wildman–Crippen LogP) is 1.41.